The molecule has 27 heavy (non-hydrogen) atoms. The van der Waals surface area contributed by atoms with Crippen LogP contribution in [-0.2, 0) is 0 Å². The molecule has 9 heteroatoms. The van der Waals surface area contributed by atoms with Crippen LogP contribution in [0.25, 0.3) is 0 Å². The Hall–Kier alpha value is -3.10. The molecule has 0 bridgehead atoms. The van der Waals surface area contributed by atoms with Crippen molar-refractivity contribution in [2.24, 2.45) is 0 Å². The van der Waals surface area contributed by atoms with Crippen LogP contribution in [0.2, 0.25) is 0 Å². The van der Waals surface area contributed by atoms with Gasteiger partial charge >= 0.3 is 0 Å². The summed E-state index contributed by atoms with van der Waals surface area (Å²) in [7, 11) is 0. The third-order valence-electron chi connectivity index (χ3n) is 4.32. The van der Waals surface area contributed by atoms with E-state index in [0.717, 1.165) is 24.6 Å². The van der Waals surface area contributed by atoms with Gasteiger partial charge in [-0.15, -0.1) is 0 Å². The second-order valence-corrected chi connectivity index (χ2v) is 6.71. The average Bonchev–Trinajstić information content (AvgIpc) is 3.38. The molecule has 2 aromatic heterocycles. The monoisotopic (exact) mass is 371 g/mol. The number of benzene rings is 1. The Labute approximate surface area is 154 Å². The number of halogens is 2. The van der Waals surface area contributed by atoms with Crippen LogP contribution in [0.1, 0.15) is 48.8 Å². The lowest BCUT2D eigenvalue weighted by molar-refractivity contribution is 0.566. The fourth-order valence-electron chi connectivity index (χ4n) is 2.76. The van der Waals surface area contributed by atoms with Gasteiger partial charge in [0.15, 0.2) is 5.82 Å². The molecule has 1 saturated carbocycles. The maximum atomic E-state index is 14.0. The highest BCUT2D eigenvalue weighted by Gasteiger charge is 2.28. The van der Waals surface area contributed by atoms with Crippen molar-refractivity contribution in [1.82, 2.24) is 25.1 Å². The Morgan fingerprint density at radius 1 is 1.11 bits per heavy atom. The second kappa shape index (κ2) is 6.90. The molecule has 0 radical (unpaired) electrons. The molecule has 3 aromatic rings. The minimum absolute atomic E-state index is 0.313. The zero-order chi connectivity index (χ0) is 19.0. The predicted octanol–water partition coefficient (Wildman–Crippen LogP) is 3.98. The van der Waals surface area contributed by atoms with E-state index in [-0.39, 0.29) is 0 Å². The van der Waals surface area contributed by atoms with Gasteiger partial charge in [-0.3, -0.25) is 5.10 Å². The Balaban J connectivity index is 1.59. The first-order chi connectivity index (χ1) is 13.0. The molecule has 7 nitrogen and oxygen atoms in total. The lowest BCUT2D eigenvalue weighted by Gasteiger charge is -2.16. The van der Waals surface area contributed by atoms with Crippen LogP contribution in [0.4, 0.5) is 26.5 Å². The Bertz CT molecular complexity index is 968. The van der Waals surface area contributed by atoms with Gasteiger partial charge in [0.25, 0.3) is 0 Å². The Morgan fingerprint density at radius 2 is 1.89 bits per heavy atom. The van der Waals surface area contributed by atoms with E-state index in [4.69, 9.17) is 0 Å². The fraction of sp³-hybridized carbons (Fsp3) is 0.333. The number of aromatic amines is 1. The topological polar surface area (TPSA) is 91.4 Å². The van der Waals surface area contributed by atoms with E-state index in [0.29, 0.717) is 35.0 Å². The van der Waals surface area contributed by atoms with Crippen molar-refractivity contribution in [2.45, 2.75) is 38.6 Å². The first-order valence-electron chi connectivity index (χ1n) is 8.74. The van der Waals surface area contributed by atoms with Crippen LogP contribution in [0.5, 0.6) is 0 Å². The Kier molecular flexibility index (Phi) is 4.43. The maximum Gasteiger partial charge on any atom is 0.233 e. The van der Waals surface area contributed by atoms with E-state index >= 15 is 0 Å². The standard InChI is InChI=1S/C18H19F2N7/c1-9-7-15(27-26-9)22-18-24-16(11-3-4-11)23-17(25-18)21-10(2)13-6-5-12(19)8-14(13)20/h5-8,10-11H,3-4H2,1-2H3,(H3,21,22,23,24,25,26,27). The van der Waals surface area contributed by atoms with Crippen LogP contribution >= 0.6 is 0 Å². The number of H-pyrrole nitrogens is 1. The molecule has 0 aliphatic heterocycles. The molecule has 1 atom stereocenters. The van der Waals surface area contributed by atoms with Crippen LogP contribution < -0.4 is 10.6 Å². The minimum atomic E-state index is -0.614. The summed E-state index contributed by atoms with van der Waals surface area (Å²) < 4.78 is 27.2. The lowest BCUT2D eigenvalue weighted by Crippen LogP contribution is -2.14. The number of hydrogen-bond acceptors (Lipinski definition) is 6. The summed E-state index contributed by atoms with van der Waals surface area (Å²) in [5, 5.41) is 13.1. The van der Waals surface area contributed by atoms with Crippen LogP contribution in [0.15, 0.2) is 24.3 Å². The number of anilines is 3. The van der Waals surface area contributed by atoms with Crippen molar-refractivity contribution in [2.75, 3.05) is 10.6 Å². The van der Waals surface area contributed by atoms with E-state index in [1.807, 2.05) is 13.0 Å². The zero-order valence-corrected chi connectivity index (χ0v) is 14.9. The van der Waals surface area contributed by atoms with E-state index in [1.54, 1.807) is 6.92 Å². The number of aryl methyl sites for hydroxylation is 1. The van der Waals surface area contributed by atoms with Crippen molar-refractivity contribution in [3.05, 3.63) is 53.0 Å². The van der Waals surface area contributed by atoms with Gasteiger partial charge in [-0.2, -0.15) is 20.1 Å². The molecule has 1 unspecified atom stereocenters. The molecular formula is C18H19F2N7. The lowest BCUT2D eigenvalue weighted by atomic mass is 10.1. The third kappa shape index (κ3) is 4.02. The van der Waals surface area contributed by atoms with Gasteiger partial charge in [0.1, 0.15) is 17.5 Å². The highest BCUT2D eigenvalue weighted by Crippen LogP contribution is 2.38. The molecule has 1 aliphatic carbocycles. The van der Waals surface area contributed by atoms with E-state index in [1.165, 1.54) is 12.1 Å². The van der Waals surface area contributed by atoms with Gasteiger partial charge in [0.05, 0.1) is 6.04 Å². The summed E-state index contributed by atoms with van der Waals surface area (Å²) in [4.78, 5) is 13.3. The van der Waals surface area contributed by atoms with Crippen LogP contribution in [0, 0.1) is 18.6 Å². The summed E-state index contributed by atoms with van der Waals surface area (Å²) in [6.07, 6.45) is 2.07. The molecule has 0 saturated heterocycles. The van der Waals surface area contributed by atoms with Gasteiger partial charge in [0.2, 0.25) is 11.9 Å². The highest BCUT2D eigenvalue weighted by atomic mass is 19.1. The normalized spacial score (nSPS) is 14.8. The van der Waals surface area contributed by atoms with Gasteiger partial charge < -0.3 is 10.6 Å². The van der Waals surface area contributed by atoms with Gasteiger partial charge in [-0.05, 0) is 32.8 Å². The molecule has 0 amide bonds. The molecule has 1 fully saturated rings. The van der Waals surface area contributed by atoms with Crippen molar-refractivity contribution < 1.29 is 8.78 Å². The smallest absolute Gasteiger partial charge is 0.233 e. The van der Waals surface area contributed by atoms with E-state index in [9.17, 15) is 8.78 Å². The molecule has 140 valence electrons. The first-order valence-corrected chi connectivity index (χ1v) is 8.74. The molecule has 0 spiro atoms. The summed E-state index contributed by atoms with van der Waals surface area (Å²) in [6.45, 7) is 3.66. The second-order valence-electron chi connectivity index (χ2n) is 6.71. The molecule has 3 N–H and O–H groups in total. The number of nitrogens with one attached hydrogen (secondary N) is 3. The van der Waals surface area contributed by atoms with Crippen molar-refractivity contribution in [1.29, 1.82) is 0 Å². The number of aromatic nitrogens is 5. The van der Waals surface area contributed by atoms with Gasteiger partial charge in [0, 0.05) is 29.3 Å². The molecule has 4 rings (SSSR count). The SMILES string of the molecule is Cc1cc(Nc2nc(NC(C)c3ccc(F)cc3F)nc(C3CC3)n2)n[nH]1. The molecule has 2 heterocycles. The third-order valence-corrected chi connectivity index (χ3v) is 4.32. The van der Waals surface area contributed by atoms with E-state index < -0.39 is 17.7 Å². The fourth-order valence-corrected chi connectivity index (χ4v) is 2.76. The number of nitrogens with zero attached hydrogens (tertiary/aromatic N) is 4. The first kappa shape index (κ1) is 17.3. The van der Waals surface area contributed by atoms with Crippen LogP contribution in [-0.4, -0.2) is 25.1 Å². The maximum absolute atomic E-state index is 14.0. The summed E-state index contributed by atoms with van der Waals surface area (Å²) >= 11 is 0. The quantitative estimate of drug-likeness (QED) is 0.607. The van der Waals surface area contributed by atoms with Gasteiger partial charge in [-0.1, -0.05) is 6.07 Å². The summed E-state index contributed by atoms with van der Waals surface area (Å²) in [5.74, 6) is 1.08. The zero-order valence-electron chi connectivity index (χ0n) is 14.9. The van der Waals surface area contributed by atoms with Crippen molar-refractivity contribution >= 4 is 17.7 Å². The number of hydrogen-bond donors (Lipinski definition) is 3. The molecule has 1 aliphatic rings. The van der Waals surface area contributed by atoms with Crippen LogP contribution in [0.3, 0.4) is 0 Å². The number of rotatable bonds is 6. The summed E-state index contributed by atoms with van der Waals surface area (Å²) in [5.41, 5.74) is 1.25. The van der Waals surface area contributed by atoms with Crippen molar-refractivity contribution in [3.63, 3.8) is 0 Å². The van der Waals surface area contributed by atoms with Gasteiger partial charge in [-0.25, -0.2) is 8.78 Å². The predicted molar refractivity (Wildman–Crippen MR) is 96.8 cm³/mol. The summed E-state index contributed by atoms with van der Waals surface area (Å²) in [6, 6.07) is 4.90. The largest absolute Gasteiger partial charge is 0.347 e. The average molecular weight is 371 g/mol. The highest BCUT2D eigenvalue weighted by molar-refractivity contribution is 5.50. The Morgan fingerprint density at radius 3 is 2.56 bits per heavy atom. The minimum Gasteiger partial charge on any atom is -0.347 e. The van der Waals surface area contributed by atoms with E-state index in [2.05, 4.69) is 35.8 Å². The molecular weight excluding hydrogens is 352 g/mol. The van der Waals surface area contributed by atoms with Crippen molar-refractivity contribution in [3.8, 4) is 0 Å². The molecule has 1 aromatic carbocycles.